The van der Waals surface area contributed by atoms with Crippen molar-refractivity contribution < 1.29 is 13.2 Å². The molecule has 0 spiro atoms. The molecule has 0 saturated carbocycles. The molecule has 0 amide bonds. The first kappa shape index (κ1) is 15.4. The minimum atomic E-state index is -0.596. The molecular weight excluding hydrogens is 329 g/mol. The smallest absolute Gasteiger partial charge is 0.149 e. The third-order valence-corrected chi connectivity index (χ3v) is 4.11. The lowest BCUT2D eigenvalue weighted by atomic mass is 10.1. The van der Waals surface area contributed by atoms with Crippen molar-refractivity contribution in [3.05, 3.63) is 71.9 Å². The first-order valence-corrected chi connectivity index (χ1v) is 7.60. The monoisotopic (exact) mass is 342 g/mol. The van der Waals surface area contributed by atoms with Crippen LogP contribution >= 0.6 is 0 Å². The summed E-state index contributed by atoms with van der Waals surface area (Å²) < 4.78 is 45.1. The Hall–Kier alpha value is -3.09. The van der Waals surface area contributed by atoms with Crippen LogP contribution < -0.4 is 0 Å². The predicted molar refractivity (Wildman–Crippen MR) is 87.4 cm³/mol. The van der Waals surface area contributed by atoms with Gasteiger partial charge in [-0.25, -0.2) is 13.2 Å². The van der Waals surface area contributed by atoms with E-state index in [0.29, 0.717) is 11.1 Å². The highest BCUT2D eigenvalue weighted by Gasteiger charge is 2.14. The molecule has 0 bridgehead atoms. The van der Waals surface area contributed by atoms with E-state index in [4.69, 9.17) is 0 Å². The zero-order valence-corrected chi connectivity index (χ0v) is 13.2. The highest BCUT2D eigenvalue weighted by Crippen LogP contribution is 2.24. The second-order valence-corrected chi connectivity index (χ2v) is 5.80. The fourth-order valence-corrected chi connectivity index (χ4v) is 2.83. The van der Waals surface area contributed by atoms with Gasteiger partial charge in [-0.1, -0.05) is 12.1 Å². The molecule has 7 heteroatoms. The summed E-state index contributed by atoms with van der Waals surface area (Å²) in [7, 11) is 1.78. The molecule has 4 nitrogen and oxygen atoms in total. The van der Waals surface area contributed by atoms with Crippen molar-refractivity contribution in [3.8, 4) is 11.1 Å². The molecule has 0 N–H and O–H groups in total. The third kappa shape index (κ3) is 2.67. The van der Waals surface area contributed by atoms with E-state index in [-0.39, 0.29) is 17.4 Å². The molecule has 0 aliphatic rings. The number of aryl methyl sites for hydroxylation is 1. The van der Waals surface area contributed by atoms with Crippen molar-refractivity contribution in [2.24, 2.45) is 7.05 Å². The van der Waals surface area contributed by atoms with Crippen LogP contribution in [-0.2, 0) is 13.6 Å². The minimum Gasteiger partial charge on any atom is -0.275 e. The van der Waals surface area contributed by atoms with Gasteiger partial charge in [0.1, 0.15) is 23.0 Å². The van der Waals surface area contributed by atoms with Crippen LogP contribution in [0.4, 0.5) is 13.2 Å². The zero-order valence-electron chi connectivity index (χ0n) is 13.2. The SMILES string of the molecule is Cn1cc(-c2ccc(Cn3ncc4c(F)ccc(F)c43)c(F)c2)cn1. The van der Waals surface area contributed by atoms with Crippen LogP contribution in [0, 0.1) is 17.5 Å². The van der Waals surface area contributed by atoms with Crippen molar-refractivity contribution in [3.63, 3.8) is 0 Å². The highest BCUT2D eigenvalue weighted by molar-refractivity contribution is 5.80. The summed E-state index contributed by atoms with van der Waals surface area (Å²) in [6.07, 6.45) is 4.68. The predicted octanol–water partition coefficient (Wildman–Crippen LogP) is 3.90. The molecule has 2 heterocycles. The molecular formula is C18H13F3N4. The van der Waals surface area contributed by atoms with Gasteiger partial charge < -0.3 is 0 Å². The Morgan fingerprint density at radius 1 is 0.880 bits per heavy atom. The minimum absolute atomic E-state index is 0.00300. The third-order valence-electron chi connectivity index (χ3n) is 4.11. The molecule has 0 unspecified atom stereocenters. The van der Waals surface area contributed by atoms with E-state index in [9.17, 15) is 13.2 Å². The van der Waals surface area contributed by atoms with Gasteiger partial charge in [-0.05, 0) is 23.8 Å². The Labute approximate surface area is 141 Å². The van der Waals surface area contributed by atoms with Crippen LogP contribution in [0.15, 0.2) is 48.9 Å². The fraction of sp³-hybridized carbons (Fsp3) is 0.111. The van der Waals surface area contributed by atoms with Crippen LogP contribution in [0.2, 0.25) is 0 Å². The van der Waals surface area contributed by atoms with Crippen LogP contribution in [0.25, 0.3) is 22.0 Å². The van der Waals surface area contributed by atoms with Crippen molar-refractivity contribution in [2.45, 2.75) is 6.54 Å². The quantitative estimate of drug-likeness (QED) is 0.566. The first-order valence-electron chi connectivity index (χ1n) is 7.60. The average molecular weight is 342 g/mol. The number of halogens is 3. The van der Waals surface area contributed by atoms with Crippen LogP contribution in [0.3, 0.4) is 0 Å². The maximum Gasteiger partial charge on any atom is 0.149 e. The van der Waals surface area contributed by atoms with Gasteiger partial charge in [-0.15, -0.1) is 0 Å². The van der Waals surface area contributed by atoms with Gasteiger partial charge in [-0.2, -0.15) is 10.2 Å². The summed E-state index contributed by atoms with van der Waals surface area (Å²) in [4.78, 5) is 0. The lowest BCUT2D eigenvalue weighted by Crippen LogP contribution is -2.05. The van der Waals surface area contributed by atoms with E-state index in [0.717, 1.165) is 17.7 Å². The molecule has 0 aliphatic heterocycles. The topological polar surface area (TPSA) is 35.6 Å². The molecule has 2 aromatic heterocycles. The number of benzene rings is 2. The number of nitrogens with zero attached hydrogens (tertiary/aromatic N) is 4. The molecule has 0 aliphatic carbocycles. The summed E-state index contributed by atoms with van der Waals surface area (Å²) in [6, 6.07) is 6.86. The fourth-order valence-electron chi connectivity index (χ4n) is 2.83. The highest BCUT2D eigenvalue weighted by atomic mass is 19.1. The number of rotatable bonds is 3. The summed E-state index contributed by atoms with van der Waals surface area (Å²) in [5.41, 5.74) is 1.85. The van der Waals surface area contributed by atoms with Gasteiger partial charge >= 0.3 is 0 Å². The molecule has 0 fully saturated rings. The molecule has 2 aromatic carbocycles. The zero-order chi connectivity index (χ0) is 17.6. The number of hydrogen-bond acceptors (Lipinski definition) is 2. The maximum atomic E-state index is 14.5. The van der Waals surface area contributed by atoms with Crippen molar-refractivity contribution in [1.29, 1.82) is 0 Å². The Kier molecular flexibility index (Phi) is 3.56. The van der Waals surface area contributed by atoms with Crippen LogP contribution in [0.1, 0.15) is 5.56 Å². The van der Waals surface area contributed by atoms with Gasteiger partial charge in [0.05, 0.1) is 24.3 Å². The van der Waals surface area contributed by atoms with Crippen LogP contribution in [-0.4, -0.2) is 19.6 Å². The van der Waals surface area contributed by atoms with Gasteiger partial charge in [0.25, 0.3) is 0 Å². The van der Waals surface area contributed by atoms with E-state index in [2.05, 4.69) is 10.2 Å². The van der Waals surface area contributed by atoms with Gasteiger partial charge in [-0.3, -0.25) is 9.36 Å². The summed E-state index contributed by atoms with van der Waals surface area (Å²) in [6.45, 7) is 0.00300. The van der Waals surface area contributed by atoms with Crippen LogP contribution in [0.5, 0.6) is 0 Å². The summed E-state index contributed by atoms with van der Waals surface area (Å²) in [5.74, 6) is -1.60. The molecule has 4 rings (SSSR count). The largest absolute Gasteiger partial charge is 0.275 e. The van der Waals surface area contributed by atoms with Gasteiger partial charge in [0.15, 0.2) is 0 Å². The second kappa shape index (κ2) is 5.77. The summed E-state index contributed by atoms with van der Waals surface area (Å²) >= 11 is 0. The molecule has 126 valence electrons. The number of aromatic nitrogens is 4. The van der Waals surface area contributed by atoms with E-state index in [1.807, 2.05) is 0 Å². The van der Waals surface area contributed by atoms with Crippen molar-refractivity contribution >= 4 is 10.9 Å². The van der Waals surface area contributed by atoms with Crippen molar-refractivity contribution in [1.82, 2.24) is 19.6 Å². The van der Waals surface area contributed by atoms with E-state index >= 15 is 0 Å². The standard InChI is InChI=1S/C18H13F3N4/c1-24-9-13(7-22-24)11-2-3-12(17(21)6-11)10-25-18-14(8-23-25)15(19)4-5-16(18)20/h2-9H,10H2,1H3. The Bertz CT molecular complexity index is 1080. The maximum absolute atomic E-state index is 14.5. The normalized spacial score (nSPS) is 11.4. The Morgan fingerprint density at radius 3 is 2.40 bits per heavy atom. The van der Waals surface area contributed by atoms with E-state index < -0.39 is 17.5 Å². The Morgan fingerprint density at radius 2 is 1.68 bits per heavy atom. The van der Waals surface area contributed by atoms with Gasteiger partial charge in [0.2, 0.25) is 0 Å². The van der Waals surface area contributed by atoms with E-state index in [1.54, 1.807) is 36.3 Å². The molecule has 0 saturated heterocycles. The number of hydrogen-bond donors (Lipinski definition) is 0. The molecule has 4 aromatic rings. The Balaban J connectivity index is 1.71. The van der Waals surface area contributed by atoms with Gasteiger partial charge in [0, 0.05) is 24.4 Å². The molecule has 0 radical (unpaired) electrons. The lowest BCUT2D eigenvalue weighted by molar-refractivity contribution is 0.580. The second-order valence-electron chi connectivity index (χ2n) is 5.80. The molecule has 0 atom stereocenters. The lowest BCUT2D eigenvalue weighted by Gasteiger charge is -2.08. The van der Waals surface area contributed by atoms with Crippen molar-refractivity contribution in [2.75, 3.05) is 0 Å². The number of fused-ring (bicyclic) bond motifs is 1. The average Bonchev–Trinajstić information content (AvgIpc) is 3.20. The first-order chi connectivity index (χ1) is 12.0. The molecule has 25 heavy (non-hydrogen) atoms. The summed E-state index contributed by atoms with van der Waals surface area (Å²) in [5, 5.41) is 8.13. The van der Waals surface area contributed by atoms with E-state index in [1.165, 1.54) is 16.9 Å².